The standard InChI is InChI=1S/C14H15F2N3OS/c15-13(16)8-19(7-11-4-2-1-3-5-11)14(20)17-6-12-9-21-10-18-12/h1-5,9-10,13H,6-8H2,(H,17,20). The summed E-state index contributed by atoms with van der Waals surface area (Å²) in [4.78, 5) is 17.2. The van der Waals surface area contributed by atoms with Crippen LogP contribution in [0.4, 0.5) is 13.6 Å². The Balaban J connectivity index is 1.95. The first-order valence-electron chi connectivity index (χ1n) is 6.37. The monoisotopic (exact) mass is 311 g/mol. The molecule has 112 valence electrons. The summed E-state index contributed by atoms with van der Waals surface area (Å²) in [5.41, 5.74) is 3.18. The van der Waals surface area contributed by atoms with Gasteiger partial charge in [0.05, 0.1) is 24.3 Å². The van der Waals surface area contributed by atoms with Crippen molar-refractivity contribution in [3.63, 3.8) is 0 Å². The van der Waals surface area contributed by atoms with Gasteiger partial charge in [-0.3, -0.25) is 0 Å². The Bertz CT molecular complexity index is 549. The molecule has 0 saturated heterocycles. The zero-order valence-corrected chi connectivity index (χ0v) is 12.0. The lowest BCUT2D eigenvalue weighted by atomic mass is 10.2. The highest BCUT2D eigenvalue weighted by Gasteiger charge is 2.18. The van der Waals surface area contributed by atoms with Crippen molar-refractivity contribution in [2.24, 2.45) is 0 Å². The van der Waals surface area contributed by atoms with Gasteiger partial charge in [-0.25, -0.2) is 18.6 Å². The van der Waals surface area contributed by atoms with Gasteiger partial charge in [0.25, 0.3) is 6.43 Å². The summed E-state index contributed by atoms with van der Waals surface area (Å²) in [5.74, 6) is 0. The minimum Gasteiger partial charge on any atom is -0.332 e. The number of nitrogens with one attached hydrogen (secondary N) is 1. The Morgan fingerprint density at radius 3 is 2.71 bits per heavy atom. The lowest BCUT2D eigenvalue weighted by Crippen LogP contribution is -2.41. The highest BCUT2D eigenvalue weighted by Crippen LogP contribution is 2.08. The highest BCUT2D eigenvalue weighted by molar-refractivity contribution is 7.07. The first-order chi connectivity index (χ1) is 10.1. The number of halogens is 2. The molecule has 4 nitrogen and oxygen atoms in total. The number of rotatable bonds is 6. The lowest BCUT2D eigenvalue weighted by Gasteiger charge is -2.22. The van der Waals surface area contributed by atoms with Gasteiger partial charge >= 0.3 is 6.03 Å². The van der Waals surface area contributed by atoms with Crippen LogP contribution in [0, 0.1) is 0 Å². The predicted molar refractivity (Wildman–Crippen MR) is 77.2 cm³/mol. The Labute approximate surface area is 125 Å². The zero-order chi connectivity index (χ0) is 15.1. The molecule has 21 heavy (non-hydrogen) atoms. The van der Waals surface area contributed by atoms with Crippen LogP contribution in [0.3, 0.4) is 0 Å². The number of thiazole rings is 1. The Kier molecular flexibility index (Phi) is 5.62. The van der Waals surface area contributed by atoms with Crippen LogP contribution in [-0.2, 0) is 13.1 Å². The molecule has 0 spiro atoms. The van der Waals surface area contributed by atoms with E-state index in [0.717, 1.165) is 10.5 Å². The van der Waals surface area contributed by atoms with E-state index >= 15 is 0 Å². The summed E-state index contributed by atoms with van der Waals surface area (Å²) in [5, 5.41) is 4.41. The van der Waals surface area contributed by atoms with Gasteiger partial charge in [-0.15, -0.1) is 11.3 Å². The Morgan fingerprint density at radius 1 is 1.33 bits per heavy atom. The molecule has 1 aromatic heterocycles. The summed E-state index contributed by atoms with van der Waals surface area (Å²) < 4.78 is 25.3. The molecule has 1 N–H and O–H groups in total. The van der Waals surface area contributed by atoms with E-state index in [2.05, 4.69) is 10.3 Å². The molecule has 2 aromatic rings. The fourth-order valence-electron chi connectivity index (χ4n) is 1.79. The molecule has 0 aliphatic carbocycles. The van der Waals surface area contributed by atoms with E-state index in [1.807, 2.05) is 18.2 Å². The van der Waals surface area contributed by atoms with Crippen molar-refractivity contribution in [1.29, 1.82) is 0 Å². The van der Waals surface area contributed by atoms with Crippen molar-refractivity contribution < 1.29 is 13.6 Å². The smallest absolute Gasteiger partial charge is 0.318 e. The maximum Gasteiger partial charge on any atom is 0.318 e. The van der Waals surface area contributed by atoms with Crippen LogP contribution >= 0.6 is 11.3 Å². The fraction of sp³-hybridized carbons (Fsp3) is 0.286. The second-order valence-corrected chi connectivity index (χ2v) is 5.11. The molecule has 0 aliphatic heterocycles. The Morgan fingerprint density at radius 2 is 2.10 bits per heavy atom. The summed E-state index contributed by atoms with van der Waals surface area (Å²) in [6, 6.07) is 8.53. The molecule has 1 heterocycles. The topological polar surface area (TPSA) is 45.2 Å². The van der Waals surface area contributed by atoms with Gasteiger partial charge in [0.15, 0.2) is 0 Å². The van der Waals surface area contributed by atoms with Gasteiger partial charge in [0.2, 0.25) is 0 Å². The van der Waals surface area contributed by atoms with Crippen molar-refractivity contribution in [2.75, 3.05) is 6.54 Å². The van der Waals surface area contributed by atoms with Crippen molar-refractivity contribution in [3.8, 4) is 0 Å². The minimum absolute atomic E-state index is 0.147. The number of carbonyl (C=O) groups excluding carboxylic acids is 1. The number of hydrogen-bond acceptors (Lipinski definition) is 3. The van der Waals surface area contributed by atoms with E-state index in [9.17, 15) is 13.6 Å². The molecule has 0 aliphatic rings. The van der Waals surface area contributed by atoms with Crippen LogP contribution in [0.5, 0.6) is 0 Å². The van der Waals surface area contributed by atoms with Gasteiger partial charge in [0, 0.05) is 11.9 Å². The second-order valence-electron chi connectivity index (χ2n) is 4.40. The molecule has 0 saturated carbocycles. The van der Waals surface area contributed by atoms with Crippen molar-refractivity contribution in [2.45, 2.75) is 19.5 Å². The van der Waals surface area contributed by atoms with E-state index in [-0.39, 0.29) is 13.1 Å². The third-order valence-corrected chi connectivity index (χ3v) is 3.40. The van der Waals surface area contributed by atoms with Gasteiger partial charge in [0.1, 0.15) is 0 Å². The molecule has 0 atom stereocenters. The van der Waals surface area contributed by atoms with Crippen LogP contribution in [0.2, 0.25) is 0 Å². The van der Waals surface area contributed by atoms with Crippen LogP contribution in [0.1, 0.15) is 11.3 Å². The molecule has 0 radical (unpaired) electrons. The first-order valence-corrected chi connectivity index (χ1v) is 7.31. The van der Waals surface area contributed by atoms with Gasteiger partial charge < -0.3 is 10.2 Å². The molecular formula is C14H15F2N3OS. The molecular weight excluding hydrogens is 296 g/mol. The second kappa shape index (κ2) is 7.68. The number of alkyl halides is 2. The molecule has 0 bridgehead atoms. The summed E-state index contributed by atoms with van der Waals surface area (Å²) >= 11 is 1.42. The Hall–Kier alpha value is -2.02. The molecule has 7 heteroatoms. The van der Waals surface area contributed by atoms with E-state index in [4.69, 9.17) is 0 Å². The molecule has 0 fully saturated rings. The molecule has 2 amide bonds. The maximum atomic E-state index is 12.6. The number of nitrogens with zero attached hydrogens (tertiary/aromatic N) is 2. The number of carbonyl (C=O) groups is 1. The average Bonchev–Trinajstić information content (AvgIpc) is 2.98. The summed E-state index contributed by atoms with van der Waals surface area (Å²) in [7, 11) is 0. The molecule has 2 rings (SSSR count). The normalized spacial score (nSPS) is 10.6. The first kappa shape index (κ1) is 15.4. The van der Waals surface area contributed by atoms with Crippen LogP contribution in [0.15, 0.2) is 41.2 Å². The number of benzene rings is 1. The lowest BCUT2D eigenvalue weighted by molar-refractivity contribution is 0.0956. The van der Waals surface area contributed by atoms with E-state index in [1.54, 1.807) is 23.0 Å². The van der Waals surface area contributed by atoms with E-state index in [1.165, 1.54) is 11.3 Å². The van der Waals surface area contributed by atoms with Gasteiger partial charge in [-0.2, -0.15) is 0 Å². The third kappa shape index (κ3) is 5.11. The number of aromatic nitrogens is 1. The maximum absolute atomic E-state index is 12.6. The van der Waals surface area contributed by atoms with Gasteiger partial charge in [-0.05, 0) is 5.56 Å². The predicted octanol–water partition coefficient (Wildman–Crippen LogP) is 3.12. The minimum atomic E-state index is -2.57. The van der Waals surface area contributed by atoms with Crippen LogP contribution in [0.25, 0.3) is 0 Å². The summed E-state index contributed by atoms with van der Waals surface area (Å²) in [6.07, 6.45) is -2.57. The zero-order valence-electron chi connectivity index (χ0n) is 11.2. The van der Waals surface area contributed by atoms with Crippen molar-refractivity contribution in [3.05, 3.63) is 52.5 Å². The molecule has 1 aromatic carbocycles. The van der Waals surface area contributed by atoms with E-state index in [0.29, 0.717) is 5.69 Å². The number of hydrogen-bond donors (Lipinski definition) is 1. The van der Waals surface area contributed by atoms with E-state index < -0.39 is 19.0 Å². The van der Waals surface area contributed by atoms with Crippen LogP contribution < -0.4 is 5.32 Å². The quantitative estimate of drug-likeness (QED) is 0.891. The van der Waals surface area contributed by atoms with Crippen molar-refractivity contribution >= 4 is 17.4 Å². The number of amides is 2. The van der Waals surface area contributed by atoms with Gasteiger partial charge in [-0.1, -0.05) is 30.3 Å². The average molecular weight is 311 g/mol. The SMILES string of the molecule is O=C(NCc1cscn1)N(Cc1ccccc1)CC(F)F. The highest BCUT2D eigenvalue weighted by atomic mass is 32.1. The summed E-state index contributed by atoms with van der Waals surface area (Å²) in [6.45, 7) is -0.220. The number of urea groups is 1. The fourth-order valence-corrected chi connectivity index (χ4v) is 2.35. The third-order valence-electron chi connectivity index (χ3n) is 2.77. The van der Waals surface area contributed by atoms with Crippen LogP contribution in [-0.4, -0.2) is 28.9 Å². The molecule has 0 unspecified atom stereocenters. The largest absolute Gasteiger partial charge is 0.332 e. The van der Waals surface area contributed by atoms with Crippen molar-refractivity contribution in [1.82, 2.24) is 15.2 Å².